The molecule has 0 aromatic rings. The van der Waals surface area contributed by atoms with Crippen molar-refractivity contribution in [3.05, 3.63) is 25.3 Å². The van der Waals surface area contributed by atoms with Crippen LogP contribution in [-0.4, -0.2) is 128 Å². The molecule has 20 heteroatoms. The van der Waals surface area contributed by atoms with Crippen LogP contribution in [0.5, 0.6) is 0 Å². The summed E-state index contributed by atoms with van der Waals surface area (Å²) in [5.74, 6) is -2.76. The van der Waals surface area contributed by atoms with Crippen molar-refractivity contribution in [3.8, 4) is 0 Å². The molecule has 0 bridgehead atoms. The van der Waals surface area contributed by atoms with E-state index in [9.17, 15) is 40.8 Å². The average molecular weight is 1000 g/mol. The standard InChI is InChI=1S/C27H42N4O6S.C22H34N4O4S/c1-7-18-15-27(18,21(33)29-38(35,36)30-13-8-9-14-30)28-20(32)19-16-26(24(5,6)25(26)11-10-12-25)17-31(19)22(34)37-23(2,3)4;1-4-15-12-22(15,18(28)25-31(29,30)26-10-5-6-11-26)24-17(27)16-13-21(14-23-16)19(2,3)20(21)8-7-9-20/h7,18-19H,1,8-17H2,2-6H3,(H,28,32)(H,29,33);4,15-16,23H,1,5-14H2,2-3H3,(H,24,27)(H,25,28)/t18-,19+,26-,27-;15-,16+,21-,22-/m11/s1. The third kappa shape index (κ3) is 7.38. The second-order valence-corrected chi connectivity index (χ2v) is 27.7. The lowest BCUT2D eigenvalue weighted by Crippen LogP contribution is -2.57. The number of amides is 5. The van der Waals surface area contributed by atoms with Crippen LogP contribution in [0.25, 0.3) is 0 Å². The van der Waals surface area contributed by atoms with Gasteiger partial charge in [-0.15, -0.1) is 13.2 Å². The number of carbonyl (C=O) groups is 5. The minimum Gasteiger partial charge on any atom is -0.444 e. The summed E-state index contributed by atoms with van der Waals surface area (Å²) in [5, 5.41) is 9.19. The van der Waals surface area contributed by atoms with Gasteiger partial charge in [-0.2, -0.15) is 25.4 Å². The van der Waals surface area contributed by atoms with Crippen molar-refractivity contribution in [2.75, 3.05) is 39.3 Å². The maximum atomic E-state index is 13.9. The minimum atomic E-state index is -4.00. The van der Waals surface area contributed by atoms with Crippen LogP contribution in [0.3, 0.4) is 0 Å². The van der Waals surface area contributed by atoms with Gasteiger partial charge in [0.25, 0.3) is 11.8 Å². The summed E-state index contributed by atoms with van der Waals surface area (Å²) < 4.78 is 63.4. The highest BCUT2D eigenvalue weighted by Gasteiger charge is 2.86. The lowest BCUT2D eigenvalue weighted by Gasteiger charge is -2.32. The molecule has 0 aromatic carbocycles. The first kappa shape index (κ1) is 50.4. The van der Waals surface area contributed by atoms with Gasteiger partial charge >= 0.3 is 26.5 Å². The van der Waals surface area contributed by atoms with E-state index in [1.165, 1.54) is 32.8 Å². The highest BCUT2D eigenvalue weighted by molar-refractivity contribution is 7.88. The van der Waals surface area contributed by atoms with Gasteiger partial charge in [0.2, 0.25) is 11.8 Å². The fourth-order valence-corrected chi connectivity index (χ4v) is 17.7. The first-order valence-electron chi connectivity index (χ1n) is 25.4. The Bertz CT molecular complexity index is 2440. The predicted octanol–water partition coefficient (Wildman–Crippen LogP) is 3.77. The van der Waals surface area contributed by atoms with Gasteiger partial charge in [0.15, 0.2) is 0 Å². The Labute approximate surface area is 409 Å². The van der Waals surface area contributed by atoms with E-state index >= 15 is 0 Å². The van der Waals surface area contributed by atoms with Crippen LogP contribution in [-0.2, 0) is 44.3 Å². The maximum Gasteiger partial charge on any atom is 0.410 e. The summed E-state index contributed by atoms with van der Waals surface area (Å²) in [6.45, 7) is 24.8. The fourth-order valence-electron chi connectivity index (χ4n) is 15.1. The van der Waals surface area contributed by atoms with Gasteiger partial charge in [0.1, 0.15) is 22.7 Å². The fraction of sp³-hybridized carbons (Fsp3) is 0.816. The Morgan fingerprint density at radius 1 is 0.623 bits per heavy atom. The van der Waals surface area contributed by atoms with E-state index in [2.05, 4.69) is 66.2 Å². The number of ether oxygens (including phenoxy) is 1. The molecule has 4 saturated heterocycles. The Kier molecular flexibility index (Phi) is 11.8. The monoisotopic (exact) mass is 1000 g/mol. The largest absolute Gasteiger partial charge is 0.444 e. The molecule has 10 aliphatic rings. The van der Waals surface area contributed by atoms with E-state index in [0.29, 0.717) is 51.0 Å². The van der Waals surface area contributed by atoms with Crippen LogP contribution in [0.4, 0.5) is 4.79 Å². The lowest BCUT2D eigenvalue weighted by atomic mass is 9.73. The van der Waals surface area contributed by atoms with E-state index < -0.39 is 72.9 Å². The highest BCUT2D eigenvalue weighted by Crippen LogP contribution is 2.89. The van der Waals surface area contributed by atoms with Crippen molar-refractivity contribution in [3.63, 3.8) is 0 Å². The molecule has 4 spiro atoms. The first-order valence-corrected chi connectivity index (χ1v) is 28.3. The number of carbonyl (C=O) groups excluding carboxylic acids is 5. The molecule has 0 radical (unpaired) electrons. The molecule has 4 heterocycles. The van der Waals surface area contributed by atoms with Crippen molar-refractivity contribution in [1.29, 1.82) is 0 Å². The molecule has 10 rings (SSSR count). The minimum absolute atomic E-state index is 0.0182. The molecule has 6 saturated carbocycles. The van der Waals surface area contributed by atoms with Gasteiger partial charge in [-0.25, -0.2) is 14.2 Å². The van der Waals surface area contributed by atoms with Crippen LogP contribution >= 0.6 is 0 Å². The Morgan fingerprint density at radius 3 is 1.43 bits per heavy atom. The van der Waals surface area contributed by atoms with Crippen LogP contribution < -0.4 is 25.4 Å². The Morgan fingerprint density at radius 2 is 1.06 bits per heavy atom. The number of fused-ring (bicyclic) bond motifs is 2. The zero-order valence-electron chi connectivity index (χ0n) is 41.8. The molecular weight excluding hydrogens is 925 g/mol. The van der Waals surface area contributed by atoms with E-state index in [1.807, 2.05) is 0 Å². The summed E-state index contributed by atoms with van der Waals surface area (Å²) in [4.78, 5) is 68.3. The molecule has 5 amide bonds. The number of rotatable bonds is 12. The number of nitrogens with one attached hydrogen (secondary N) is 5. The quantitative estimate of drug-likeness (QED) is 0.177. The number of likely N-dealkylation sites (tertiary alicyclic amines) is 1. The number of hydrogen-bond donors (Lipinski definition) is 5. The Balaban J connectivity index is 0.000000175. The summed E-state index contributed by atoms with van der Waals surface area (Å²) in [6, 6.07) is -1.17. The normalized spacial score (nSPS) is 37.2. The van der Waals surface area contributed by atoms with Crippen LogP contribution in [0.1, 0.15) is 138 Å². The van der Waals surface area contributed by atoms with E-state index in [4.69, 9.17) is 4.74 Å². The average Bonchev–Trinajstić information content (AvgIpc) is 3.88. The molecule has 0 unspecified atom stereocenters. The van der Waals surface area contributed by atoms with Gasteiger partial charge in [-0.3, -0.25) is 24.1 Å². The van der Waals surface area contributed by atoms with Crippen molar-refractivity contribution >= 4 is 50.1 Å². The molecule has 10 fully saturated rings. The molecule has 4 aliphatic heterocycles. The summed E-state index contributed by atoms with van der Waals surface area (Å²) in [6.07, 6.45) is 14.6. The molecule has 69 heavy (non-hydrogen) atoms. The van der Waals surface area contributed by atoms with Crippen LogP contribution in [0.2, 0.25) is 0 Å². The smallest absolute Gasteiger partial charge is 0.410 e. The third-order valence-corrected chi connectivity index (χ3v) is 23.0. The maximum absolute atomic E-state index is 13.9. The zero-order chi connectivity index (χ0) is 50.2. The second kappa shape index (κ2) is 16.2. The molecule has 8 atom stereocenters. The highest BCUT2D eigenvalue weighted by atomic mass is 32.2. The van der Waals surface area contributed by atoms with E-state index in [-0.39, 0.29) is 51.4 Å². The van der Waals surface area contributed by atoms with Crippen molar-refractivity contribution in [2.24, 2.45) is 44.3 Å². The molecule has 0 aromatic heterocycles. The van der Waals surface area contributed by atoms with Gasteiger partial charge in [-0.1, -0.05) is 52.7 Å². The second-order valence-electron chi connectivity index (χ2n) is 24.3. The lowest BCUT2D eigenvalue weighted by molar-refractivity contribution is -0.131. The van der Waals surface area contributed by atoms with E-state index in [1.54, 1.807) is 32.9 Å². The van der Waals surface area contributed by atoms with Crippen molar-refractivity contribution < 1.29 is 45.5 Å². The topological polar surface area (TPSA) is 233 Å². The molecule has 6 aliphatic carbocycles. The zero-order valence-corrected chi connectivity index (χ0v) is 43.4. The predicted molar refractivity (Wildman–Crippen MR) is 257 cm³/mol. The van der Waals surface area contributed by atoms with Crippen molar-refractivity contribution in [1.82, 2.24) is 38.9 Å². The van der Waals surface area contributed by atoms with Gasteiger partial charge in [0.05, 0.1) is 6.04 Å². The SMILES string of the molecule is C=C[C@@H]1C[C@]1(NC(=O)[C@@H]1C[C@@]2(CN1)C(C)(C)C21CCC1)C(=O)NS(=O)(=O)N1CCCC1.C=C[C@@H]1C[C@]1(NC(=O)[C@@H]1C[C@@]2(CN1C(=O)OC(C)(C)C)C(C)(C)C21CCC1)C(=O)NS(=O)(=O)N1CCCC1. The molecule has 18 nitrogen and oxygen atoms in total. The first-order chi connectivity index (χ1) is 32.1. The van der Waals surface area contributed by atoms with Crippen LogP contribution in [0, 0.1) is 44.3 Å². The van der Waals surface area contributed by atoms with Crippen molar-refractivity contribution in [2.45, 2.75) is 167 Å². The number of hydrogen-bond acceptors (Lipinski definition) is 11. The van der Waals surface area contributed by atoms with Gasteiger partial charge < -0.3 is 20.7 Å². The van der Waals surface area contributed by atoms with E-state index in [0.717, 1.165) is 57.9 Å². The van der Waals surface area contributed by atoms with Gasteiger partial charge in [0, 0.05) is 56.5 Å². The summed E-state index contributed by atoms with van der Waals surface area (Å²) >= 11 is 0. The Hall–Kier alpha value is -3.59. The summed E-state index contributed by atoms with van der Waals surface area (Å²) in [7, 11) is -7.90. The summed E-state index contributed by atoms with van der Waals surface area (Å²) in [5.41, 5.74) is -2.73. The van der Waals surface area contributed by atoms with Crippen LogP contribution in [0.15, 0.2) is 25.3 Å². The molecule has 5 N–H and O–H groups in total. The van der Waals surface area contributed by atoms with Gasteiger partial charge in [-0.05, 0) is 125 Å². The molecular formula is C49H76N8O10S2. The third-order valence-electron chi connectivity index (χ3n) is 20.1. The number of nitrogens with zero attached hydrogens (tertiary/aromatic N) is 3. The molecule has 384 valence electrons.